The van der Waals surface area contributed by atoms with Gasteiger partial charge in [0.05, 0.1) is 22.6 Å². The van der Waals surface area contributed by atoms with Crippen LogP contribution in [0.5, 0.6) is 5.75 Å². The van der Waals surface area contributed by atoms with Crippen molar-refractivity contribution in [1.29, 1.82) is 0 Å². The number of anilines is 1. The van der Waals surface area contributed by atoms with Gasteiger partial charge in [-0.2, -0.15) is 0 Å². The predicted molar refractivity (Wildman–Crippen MR) is 104 cm³/mol. The average molecular weight is 380 g/mol. The number of benzene rings is 2. The van der Waals surface area contributed by atoms with Gasteiger partial charge in [0.2, 0.25) is 5.91 Å². The summed E-state index contributed by atoms with van der Waals surface area (Å²) < 4.78 is 10.7. The summed E-state index contributed by atoms with van der Waals surface area (Å²) in [5, 5.41) is 3.28. The summed E-state index contributed by atoms with van der Waals surface area (Å²) in [7, 11) is 1.62. The lowest BCUT2D eigenvalue weighted by atomic mass is 10.2. The van der Waals surface area contributed by atoms with Gasteiger partial charge < -0.3 is 14.8 Å². The van der Waals surface area contributed by atoms with Crippen molar-refractivity contribution < 1.29 is 14.3 Å². The van der Waals surface area contributed by atoms with Gasteiger partial charge in [-0.15, -0.1) is 11.8 Å². The maximum absolute atomic E-state index is 12.5. The Kier molecular flexibility index (Phi) is 7.62. The Hall–Kier alpha value is -1.69. The van der Waals surface area contributed by atoms with Gasteiger partial charge in [0.25, 0.3) is 0 Å². The standard InChI is InChI=1S/C19H22ClNO3S/c1-13-8-9-16(17(12-13)24-11-10-23-3)21-19(22)14(2)25-18-7-5-4-6-15(18)20/h4-9,12,14H,10-11H2,1-3H3,(H,21,22). The summed E-state index contributed by atoms with van der Waals surface area (Å²) in [4.78, 5) is 13.4. The number of carbonyl (C=O) groups excluding carboxylic acids is 1. The highest BCUT2D eigenvalue weighted by molar-refractivity contribution is 8.00. The second-order valence-electron chi connectivity index (χ2n) is 5.52. The molecule has 1 N–H and O–H groups in total. The summed E-state index contributed by atoms with van der Waals surface area (Å²) in [6.45, 7) is 4.74. The molecule has 0 heterocycles. The van der Waals surface area contributed by atoms with E-state index < -0.39 is 0 Å². The number of rotatable bonds is 8. The molecule has 2 rings (SSSR count). The largest absolute Gasteiger partial charge is 0.489 e. The Morgan fingerprint density at radius 3 is 2.72 bits per heavy atom. The van der Waals surface area contributed by atoms with Crippen molar-refractivity contribution in [2.45, 2.75) is 24.0 Å². The summed E-state index contributed by atoms with van der Waals surface area (Å²) >= 11 is 7.59. The molecule has 2 aromatic rings. The fraction of sp³-hybridized carbons (Fsp3) is 0.316. The first-order valence-corrected chi connectivity index (χ1v) is 9.21. The molecule has 0 saturated carbocycles. The van der Waals surface area contributed by atoms with E-state index in [9.17, 15) is 4.79 Å². The zero-order valence-corrected chi connectivity index (χ0v) is 16.1. The molecular weight excluding hydrogens is 358 g/mol. The summed E-state index contributed by atoms with van der Waals surface area (Å²) in [6, 6.07) is 13.2. The lowest BCUT2D eigenvalue weighted by molar-refractivity contribution is -0.115. The summed E-state index contributed by atoms with van der Waals surface area (Å²) in [6.07, 6.45) is 0. The number of aryl methyl sites for hydroxylation is 1. The van der Waals surface area contributed by atoms with Crippen molar-refractivity contribution in [3.63, 3.8) is 0 Å². The van der Waals surface area contributed by atoms with E-state index in [4.69, 9.17) is 21.1 Å². The number of amides is 1. The van der Waals surface area contributed by atoms with E-state index in [0.717, 1.165) is 10.5 Å². The first-order chi connectivity index (χ1) is 12.0. The van der Waals surface area contributed by atoms with Crippen molar-refractivity contribution in [3.05, 3.63) is 53.1 Å². The molecule has 0 aliphatic rings. The average Bonchev–Trinajstić information content (AvgIpc) is 2.59. The van der Waals surface area contributed by atoms with Crippen molar-refractivity contribution in [3.8, 4) is 5.75 Å². The molecular formula is C19H22ClNO3S. The van der Waals surface area contributed by atoms with Crippen LogP contribution in [-0.2, 0) is 9.53 Å². The van der Waals surface area contributed by atoms with E-state index >= 15 is 0 Å². The van der Waals surface area contributed by atoms with Gasteiger partial charge in [0, 0.05) is 12.0 Å². The summed E-state index contributed by atoms with van der Waals surface area (Å²) in [5.74, 6) is 0.533. The second-order valence-corrected chi connectivity index (χ2v) is 7.31. The Balaban J connectivity index is 2.05. The Morgan fingerprint density at radius 2 is 2.00 bits per heavy atom. The first kappa shape index (κ1) is 19.6. The smallest absolute Gasteiger partial charge is 0.237 e. The van der Waals surface area contributed by atoms with Gasteiger partial charge >= 0.3 is 0 Å². The van der Waals surface area contributed by atoms with Crippen molar-refractivity contribution in [2.75, 3.05) is 25.6 Å². The van der Waals surface area contributed by atoms with Crippen LogP contribution in [0.3, 0.4) is 0 Å². The number of methoxy groups -OCH3 is 1. The number of nitrogens with one attached hydrogen (secondary N) is 1. The molecule has 1 unspecified atom stereocenters. The summed E-state index contributed by atoms with van der Waals surface area (Å²) in [5.41, 5.74) is 1.71. The highest BCUT2D eigenvalue weighted by atomic mass is 35.5. The Morgan fingerprint density at radius 1 is 1.24 bits per heavy atom. The van der Waals surface area contributed by atoms with Crippen LogP contribution >= 0.6 is 23.4 Å². The molecule has 0 aliphatic carbocycles. The van der Waals surface area contributed by atoms with Crippen LogP contribution in [0.2, 0.25) is 5.02 Å². The molecule has 6 heteroatoms. The third kappa shape index (κ3) is 5.96. The van der Waals surface area contributed by atoms with E-state index in [2.05, 4.69) is 5.32 Å². The third-order valence-corrected chi connectivity index (χ3v) is 5.07. The lowest BCUT2D eigenvalue weighted by Crippen LogP contribution is -2.23. The molecule has 0 aromatic heterocycles. The Bertz CT molecular complexity index is 724. The van der Waals surface area contributed by atoms with E-state index in [1.54, 1.807) is 7.11 Å². The fourth-order valence-electron chi connectivity index (χ4n) is 2.11. The van der Waals surface area contributed by atoms with Crippen LogP contribution in [0.25, 0.3) is 0 Å². The van der Waals surface area contributed by atoms with Crippen LogP contribution in [0, 0.1) is 6.92 Å². The first-order valence-electron chi connectivity index (χ1n) is 7.95. The number of hydrogen-bond donors (Lipinski definition) is 1. The Labute approximate surface area is 157 Å². The minimum absolute atomic E-state index is 0.106. The fourth-order valence-corrected chi connectivity index (χ4v) is 3.26. The van der Waals surface area contributed by atoms with Crippen LogP contribution in [0.1, 0.15) is 12.5 Å². The molecule has 4 nitrogen and oxygen atoms in total. The van der Waals surface area contributed by atoms with E-state index in [1.165, 1.54) is 11.8 Å². The lowest BCUT2D eigenvalue weighted by Gasteiger charge is -2.16. The molecule has 0 fully saturated rings. The van der Waals surface area contributed by atoms with Gasteiger partial charge in [-0.25, -0.2) is 0 Å². The molecule has 0 radical (unpaired) electrons. The maximum atomic E-state index is 12.5. The molecule has 1 atom stereocenters. The van der Waals surface area contributed by atoms with Gasteiger partial charge in [0.15, 0.2) is 0 Å². The maximum Gasteiger partial charge on any atom is 0.237 e. The van der Waals surface area contributed by atoms with Gasteiger partial charge in [0.1, 0.15) is 12.4 Å². The molecule has 1 amide bonds. The van der Waals surface area contributed by atoms with Crippen LogP contribution in [-0.4, -0.2) is 31.5 Å². The van der Waals surface area contributed by atoms with Crippen molar-refractivity contribution >= 4 is 35.0 Å². The quantitative estimate of drug-likeness (QED) is 0.529. The van der Waals surface area contributed by atoms with Crippen LogP contribution in [0.4, 0.5) is 5.69 Å². The predicted octanol–water partition coefficient (Wildman–Crippen LogP) is 4.79. The van der Waals surface area contributed by atoms with Gasteiger partial charge in [-0.1, -0.05) is 29.8 Å². The number of carbonyl (C=O) groups is 1. The number of hydrogen-bond acceptors (Lipinski definition) is 4. The monoisotopic (exact) mass is 379 g/mol. The molecule has 134 valence electrons. The van der Waals surface area contributed by atoms with Crippen LogP contribution in [0.15, 0.2) is 47.4 Å². The molecule has 0 bridgehead atoms. The molecule has 25 heavy (non-hydrogen) atoms. The normalized spacial score (nSPS) is 11.8. The zero-order chi connectivity index (χ0) is 18.2. The topological polar surface area (TPSA) is 47.6 Å². The van der Waals surface area contributed by atoms with Crippen LogP contribution < -0.4 is 10.1 Å². The second kappa shape index (κ2) is 9.70. The van der Waals surface area contributed by atoms with E-state index in [1.807, 2.05) is 56.3 Å². The number of halogens is 1. The number of ether oxygens (including phenoxy) is 2. The highest BCUT2D eigenvalue weighted by Gasteiger charge is 2.17. The minimum Gasteiger partial charge on any atom is -0.489 e. The van der Waals surface area contributed by atoms with Gasteiger partial charge in [-0.3, -0.25) is 4.79 Å². The molecule has 0 saturated heterocycles. The SMILES string of the molecule is COCCOc1cc(C)ccc1NC(=O)C(C)Sc1ccccc1Cl. The zero-order valence-electron chi connectivity index (χ0n) is 14.5. The van der Waals surface area contributed by atoms with Crippen molar-refractivity contribution in [1.82, 2.24) is 0 Å². The number of thioether (sulfide) groups is 1. The minimum atomic E-state index is -0.298. The van der Waals surface area contributed by atoms with E-state index in [0.29, 0.717) is 29.7 Å². The molecule has 0 spiro atoms. The van der Waals surface area contributed by atoms with E-state index in [-0.39, 0.29) is 11.2 Å². The van der Waals surface area contributed by atoms with Gasteiger partial charge in [-0.05, 0) is 43.7 Å². The molecule has 0 aliphatic heterocycles. The molecule has 2 aromatic carbocycles. The third-order valence-electron chi connectivity index (χ3n) is 3.45. The highest BCUT2D eigenvalue weighted by Crippen LogP contribution is 2.31. The van der Waals surface area contributed by atoms with Crippen molar-refractivity contribution in [2.24, 2.45) is 0 Å².